The number of carbonyl (C=O) groups is 1. The largest absolute Gasteiger partial charge is 0.370 e. The number of nitrogens with two attached hydrogens (primary N) is 1. The quantitative estimate of drug-likeness (QED) is 0.499. The normalized spacial score (nSPS) is 10.0. The Morgan fingerprint density at radius 1 is 1.18 bits per heavy atom. The summed E-state index contributed by atoms with van der Waals surface area (Å²) in [6.45, 7) is 0. The Morgan fingerprint density at radius 3 is 2.73 bits per heavy atom. The maximum atomic E-state index is 11.7. The molecule has 0 spiro atoms. The molecule has 3 aromatic rings. The molecule has 0 fully saturated rings. The summed E-state index contributed by atoms with van der Waals surface area (Å²) in [5, 5.41) is 10.4. The van der Waals surface area contributed by atoms with E-state index in [-0.39, 0.29) is 18.4 Å². The van der Waals surface area contributed by atoms with Gasteiger partial charge in [0.25, 0.3) is 5.91 Å². The van der Waals surface area contributed by atoms with Gasteiger partial charge in [0.15, 0.2) is 5.96 Å². The zero-order valence-corrected chi connectivity index (χ0v) is 12.3. The van der Waals surface area contributed by atoms with E-state index in [4.69, 9.17) is 11.1 Å². The number of para-hydroxylation sites is 1. The second-order valence-corrected chi connectivity index (χ2v) is 4.54. The molecule has 0 saturated carbocycles. The molecule has 3 rings (SSSR count). The molecule has 2 heterocycles. The number of amides is 1. The third kappa shape index (κ3) is 3.07. The van der Waals surface area contributed by atoms with E-state index < -0.39 is 5.91 Å². The minimum atomic E-state index is -0.415. The van der Waals surface area contributed by atoms with E-state index in [0.717, 1.165) is 16.7 Å². The van der Waals surface area contributed by atoms with Crippen molar-refractivity contribution in [2.75, 3.05) is 0 Å². The van der Waals surface area contributed by atoms with Crippen LogP contribution in [0.15, 0.2) is 54.9 Å². The van der Waals surface area contributed by atoms with Gasteiger partial charge in [-0.25, -0.2) is 4.98 Å². The van der Waals surface area contributed by atoms with Gasteiger partial charge in [0.2, 0.25) is 0 Å². The van der Waals surface area contributed by atoms with Crippen LogP contribution in [0.1, 0.15) is 10.4 Å². The van der Waals surface area contributed by atoms with E-state index in [1.165, 1.54) is 0 Å². The van der Waals surface area contributed by atoms with Crippen molar-refractivity contribution in [3.63, 3.8) is 0 Å². The van der Waals surface area contributed by atoms with Gasteiger partial charge in [-0.1, -0.05) is 18.2 Å². The summed E-state index contributed by atoms with van der Waals surface area (Å²) in [5.74, 6) is -0.0748. The van der Waals surface area contributed by atoms with E-state index in [1.807, 2.05) is 36.4 Å². The number of nitrogens with one attached hydrogen (secondary N) is 2. The first kappa shape index (κ1) is 15.5. The third-order valence-corrected chi connectivity index (χ3v) is 3.05. The summed E-state index contributed by atoms with van der Waals surface area (Å²) in [6.07, 6.45) is 3.39. The summed E-state index contributed by atoms with van der Waals surface area (Å²) >= 11 is 0. The van der Waals surface area contributed by atoms with Crippen LogP contribution in [0.4, 0.5) is 0 Å². The molecule has 22 heavy (non-hydrogen) atoms. The van der Waals surface area contributed by atoms with Gasteiger partial charge in [0.1, 0.15) is 5.82 Å². The number of carbonyl (C=O) groups excluding carboxylic acids is 1. The van der Waals surface area contributed by atoms with Crippen LogP contribution in [-0.2, 0) is 0 Å². The van der Waals surface area contributed by atoms with Gasteiger partial charge in [-0.2, -0.15) is 0 Å². The van der Waals surface area contributed by atoms with Crippen LogP contribution in [0.2, 0.25) is 0 Å². The molecule has 0 saturated heterocycles. The van der Waals surface area contributed by atoms with E-state index in [2.05, 4.69) is 10.3 Å². The van der Waals surface area contributed by atoms with E-state index in [1.54, 1.807) is 23.0 Å². The summed E-state index contributed by atoms with van der Waals surface area (Å²) < 4.78 is 1.75. The zero-order chi connectivity index (χ0) is 14.8. The Hall–Kier alpha value is -2.86. The lowest BCUT2D eigenvalue weighted by atomic mass is 10.2. The lowest BCUT2D eigenvalue weighted by Crippen LogP contribution is -2.35. The molecule has 112 valence electrons. The Labute approximate surface area is 132 Å². The molecule has 2 aromatic heterocycles. The van der Waals surface area contributed by atoms with E-state index >= 15 is 0 Å². The number of pyridine rings is 1. The topological polar surface area (TPSA) is 96.8 Å². The monoisotopic (exact) mass is 315 g/mol. The SMILES string of the molecule is Cl.N=C(N)NC(=O)c1ccn(-c2ccc3ccccc3n2)c1. The standard InChI is InChI=1S/C15H13N5O.ClH/c16-15(17)19-14(21)11-7-8-20(9-11)13-6-5-10-3-1-2-4-12(10)18-13;/h1-9H,(H4,16,17,19,21);1H. The van der Waals surface area contributed by atoms with Crippen molar-refractivity contribution in [3.8, 4) is 5.82 Å². The summed E-state index contributed by atoms with van der Waals surface area (Å²) in [5.41, 5.74) is 6.45. The molecule has 0 aliphatic heterocycles. The number of guanidine groups is 1. The number of fused-ring (bicyclic) bond motifs is 1. The molecule has 4 N–H and O–H groups in total. The van der Waals surface area contributed by atoms with Crippen molar-refractivity contribution >= 4 is 35.2 Å². The van der Waals surface area contributed by atoms with Crippen LogP contribution < -0.4 is 11.1 Å². The smallest absolute Gasteiger partial charge is 0.259 e. The van der Waals surface area contributed by atoms with Crippen molar-refractivity contribution in [1.29, 1.82) is 5.41 Å². The van der Waals surface area contributed by atoms with Crippen LogP contribution >= 0.6 is 12.4 Å². The number of aromatic nitrogens is 2. The van der Waals surface area contributed by atoms with Crippen LogP contribution in [-0.4, -0.2) is 21.4 Å². The van der Waals surface area contributed by atoms with E-state index in [0.29, 0.717) is 5.56 Å². The lowest BCUT2D eigenvalue weighted by Gasteiger charge is -2.04. The van der Waals surface area contributed by atoms with Crippen molar-refractivity contribution in [3.05, 3.63) is 60.4 Å². The highest BCUT2D eigenvalue weighted by Gasteiger charge is 2.09. The third-order valence-electron chi connectivity index (χ3n) is 3.05. The van der Waals surface area contributed by atoms with Gasteiger partial charge in [-0.05, 0) is 24.3 Å². The molecule has 1 amide bonds. The molecule has 0 bridgehead atoms. The van der Waals surface area contributed by atoms with E-state index in [9.17, 15) is 4.79 Å². The maximum Gasteiger partial charge on any atom is 0.259 e. The van der Waals surface area contributed by atoms with Gasteiger partial charge in [0.05, 0.1) is 11.1 Å². The predicted octanol–water partition coefficient (Wildman–Crippen LogP) is 2.07. The second-order valence-electron chi connectivity index (χ2n) is 4.54. The number of hydrogen-bond acceptors (Lipinski definition) is 3. The first-order valence-corrected chi connectivity index (χ1v) is 6.33. The fourth-order valence-corrected chi connectivity index (χ4v) is 2.07. The lowest BCUT2D eigenvalue weighted by molar-refractivity contribution is 0.0976. The molecule has 0 aliphatic carbocycles. The highest BCUT2D eigenvalue weighted by atomic mass is 35.5. The molecular formula is C15H14ClN5O. The van der Waals surface area contributed by atoms with Crippen LogP contribution in [0.5, 0.6) is 0 Å². The molecule has 0 atom stereocenters. The molecule has 1 aromatic carbocycles. The van der Waals surface area contributed by atoms with Crippen molar-refractivity contribution < 1.29 is 4.79 Å². The van der Waals surface area contributed by atoms with Crippen LogP contribution in [0.25, 0.3) is 16.7 Å². The van der Waals surface area contributed by atoms with Gasteiger partial charge in [-0.3, -0.25) is 15.5 Å². The maximum absolute atomic E-state index is 11.7. The first-order chi connectivity index (χ1) is 10.1. The number of halogens is 1. The highest BCUT2D eigenvalue weighted by molar-refractivity contribution is 6.04. The van der Waals surface area contributed by atoms with Crippen molar-refractivity contribution in [1.82, 2.24) is 14.9 Å². The highest BCUT2D eigenvalue weighted by Crippen LogP contribution is 2.15. The summed E-state index contributed by atoms with van der Waals surface area (Å²) in [7, 11) is 0. The van der Waals surface area contributed by atoms with Gasteiger partial charge >= 0.3 is 0 Å². The molecule has 0 radical (unpaired) electrons. The average Bonchev–Trinajstić information content (AvgIpc) is 2.96. The zero-order valence-electron chi connectivity index (χ0n) is 11.5. The summed E-state index contributed by atoms with van der Waals surface area (Å²) in [4.78, 5) is 16.3. The second kappa shape index (κ2) is 6.28. The summed E-state index contributed by atoms with van der Waals surface area (Å²) in [6, 6.07) is 13.3. The Bertz CT molecular complexity index is 843. The van der Waals surface area contributed by atoms with Crippen molar-refractivity contribution in [2.24, 2.45) is 5.73 Å². The van der Waals surface area contributed by atoms with Crippen LogP contribution in [0.3, 0.4) is 0 Å². The number of rotatable bonds is 2. The molecule has 7 heteroatoms. The molecular weight excluding hydrogens is 302 g/mol. The molecule has 0 aliphatic rings. The van der Waals surface area contributed by atoms with Gasteiger partial charge in [-0.15, -0.1) is 12.4 Å². The van der Waals surface area contributed by atoms with Gasteiger partial charge < -0.3 is 10.3 Å². The first-order valence-electron chi connectivity index (χ1n) is 6.33. The number of benzene rings is 1. The molecule has 6 nitrogen and oxygen atoms in total. The minimum Gasteiger partial charge on any atom is -0.370 e. The Balaban J connectivity index is 0.00000176. The number of nitrogens with zero attached hydrogens (tertiary/aromatic N) is 2. The molecule has 0 unspecified atom stereocenters. The van der Waals surface area contributed by atoms with Gasteiger partial charge in [0, 0.05) is 17.8 Å². The number of hydrogen-bond donors (Lipinski definition) is 3. The predicted molar refractivity (Wildman–Crippen MR) is 87.7 cm³/mol. The Kier molecular flexibility index (Phi) is 4.43. The Morgan fingerprint density at radius 2 is 1.95 bits per heavy atom. The fourth-order valence-electron chi connectivity index (χ4n) is 2.07. The average molecular weight is 316 g/mol. The fraction of sp³-hybridized carbons (Fsp3) is 0. The van der Waals surface area contributed by atoms with Crippen LogP contribution in [0, 0.1) is 5.41 Å². The minimum absolute atomic E-state index is 0. The van der Waals surface area contributed by atoms with Crippen molar-refractivity contribution in [2.45, 2.75) is 0 Å².